The van der Waals surface area contributed by atoms with Crippen molar-refractivity contribution in [3.05, 3.63) is 71.3 Å². The molecule has 22 heavy (non-hydrogen) atoms. The largest absolute Gasteiger partial charge is 0.321 e. The van der Waals surface area contributed by atoms with Crippen molar-refractivity contribution in [1.29, 1.82) is 0 Å². The number of thioether (sulfide) groups is 1. The van der Waals surface area contributed by atoms with E-state index in [1.54, 1.807) is 23.1 Å². The number of halogens is 2. The van der Waals surface area contributed by atoms with Crippen LogP contribution in [0.4, 0.5) is 8.78 Å². The van der Waals surface area contributed by atoms with Gasteiger partial charge in [-0.1, -0.05) is 24.3 Å². The third kappa shape index (κ3) is 2.99. The first kappa shape index (κ1) is 15.0. The number of hydrogen-bond donors (Lipinski definition) is 0. The van der Waals surface area contributed by atoms with Crippen molar-refractivity contribution in [2.45, 2.75) is 24.1 Å². The quantitative estimate of drug-likeness (QED) is 0.848. The number of carbonyl (C=O) groups is 1. The van der Waals surface area contributed by atoms with Crippen LogP contribution in [0.5, 0.6) is 0 Å². The SMILES string of the molecule is C[C@H]1S[C@H](c2cccc(F)c2)N(Cc2ccc(F)cc2)C1=O. The number of nitrogens with zero attached hydrogens (tertiary/aromatic N) is 1. The van der Waals surface area contributed by atoms with Gasteiger partial charge in [-0.3, -0.25) is 4.79 Å². The topological polar surface area (TPSA) is 20.3 Å². The van der Waals surface area contributed by atoms with Crippen LogP contribution < -0.4 is 0 Å². The minimum Gasteiger partial charge on any atom is -0.321 e. The van der Waals surface area contributed by atoms with Crippen molar-refractivity contribution in [3.63, 3.8) is 0 Å². The fourth-order valence-electron chi connectivity index (χ4n) is 2.54. The summed E-state index contributed by atoms with van der Waals surface area (Å²) in [6, 6.07) is 12.4. The Morgan fingerprint density at radius 1 is 1.09 bits per heavy atom. The molecule has 1 aliphatic rings. The molecule has 2 nitrogen and oxygen atoms in total. The molecule has 3 rings (SSSR count). The van der Waals surface area contributed by atoms with Gasteiger partial charge in [0, 0.05) is 6.54 Å². The standard InChI is InChI=1S/C17H15F2NOS/c1-11-16(21)20(10-12-5-7-14(18)8-6-12)17(22-11)13-3-2-4-15(19)9-13/h2-9,11,17H,10H2,1H3/t11-,17-/m1/s1. The van der Waals surface area contributed by atoms with Gasteiger partial charge in [-0.25, -0.2) is 8.78 Å². The Hall–Kier alpha value is -1.88. The number of carbonyl (C=O) groups excluding carboxylic acids is 1. The first-order valence-electron chi connectivity index (χ1n) is 7.00. The smallest absolute Gasteiger partial charge is 0.236 e. The van der Waals surface area contributed by atoms with Gasteiger partial charge in [0.05, 0.1) is 5.25 Å². The molecule has 2 aromatic rings. The summed E-state index contributed by atoms with van der Waals surface area (Å²) in [7, 11) is 0. The second-order valence-corrected chi connectivity index (χ2v) is 6.70. The summed E-state index contributed by atoms with van der Waals surface area (Å²) < 4.78 is 26.5. The Balaban J connectivity index is 1.88. The van der Waals surface area contributed by atoms with Crippen LogP contribution in [0, 0.1) is 11.6 Å². The highest BCUT2D eigenvalue weighted by molar-refractivity contribution is 8.01. The van der Waals surface area contributed by atoms with Crippen LogP contribution >= 0.6 is 11.8 Å². The average Bonchev–Trinajstić information content (AvgIpc) is 2.78. The zero-order valence-corrected chi connectivity index (χ0v) is 12.8. The highest BCUT2D eigenvalue weighted by Gasteiger charge is 2.38. The molecule has 5 heteroatoms. The number of amides is 1. The van der Waals surface area contributed by atoms with E-state index in [-0.39, 0.29) is 28.2 Å². The third-order valence-corrected chi connectivity index (χ3v) is 5.04. The van der Waals surface area contributed by atoms with E-state index in [9.17, 15) is 13.6 Å². The van der Waals surface area contributed by atoms with Gasteiger partial charge >= 0.3 is 0 Å². The summed E-state index contributed by atoms with van der Waals surface area (Å²) in [6.45, 7) is 2.24. The molecule has 1 aliphatic heterocycles. The second-order valence-electron chi connectivity index (χ2n) is 5.28. The van der Waals surface area contributed by atoms with Gasteiger partial charge in [-0.15, -0.1) is 11.8 Å². The van der Waals surface area contributed by atoms with Crippen LogP contribution in [0.1, 0.15) is 23.4 Å². The van der Waals surface area contributed by atoms with Gasteiger partial charge in [0.15, 0.2) is 0 Å². The highest BCUT2D eigenvalue weighted by atomic mass is 32.2. The minimum atomic E-state index is -0.313. The zero-order valence-electron chi connectivity index (χ0n) is 12.0. The average molecular weight is 319 g/mol. The molecular formula is C17H15F2NOS. The van der Waals surface area contributed by atoms with E-state index in [0.717, 1.165) is 11.1 Å². The molecule has 0 saturated carbocycles. The Morgan fingerprint density at radius 2 is 1.82 bits per heavy atom. The van der Waals surface area contributed by atoms with E-state index in [1.807, 2.05) is 13.0 Å². The maximum absolute atomic E-state index is 13.5. The van der Waals surface area contributed by atoms with Crippen molar-refractivity contribution in [2.75, 3.05) is 0 Å². The summed E-state index contributed by atoms with van der Waals surface area (Å²) in [5.41, 5.74) is 1.62. The van der Waals surface area contributed by atoms with Crippen molar-refractivity contribution in [1.82, 2.24) is 4.90 Å². The highest BCUT2D eigenvalue weighted by Crippen LogP contribution is 2.43. The van der Waals surface area contributed by atoms with Crippen LogP contribution in [0.25, 0.3) is 0 Å². The predicted octanol–water partition coefficient (Wildman–Crippen LogP) is 4.13. The van der Waals surface area contributed by atoms with Gasteiger partial charge in [-0.05, 0) is 42.3 Å². The number of benzene rings is 2. The second kappa shape index (κ2) is 6.08. The van der Waals surface area contributed by atoms with E-state index in [0.29, 0.717) is 6.54 Å². The predicted molar refractivity (Wildman–Crippen MR) is 83.1 cm³/mol. The minimum absolute atomic E-state index is 0.0172. The fraction of sp³-hybridized carbons (Fsp3) is 0.235. The lowest BCUT2D eigenvalue weighted by Crippen LogP contribution is -2.29. The fourth-order valence-corrected chi connectivity index (χ4v) is 3.81. The van der Waals surface area contributed by atoms with Gasteiger partial charge in [0.2, 0.25) is 5.91 Å². The zero-order chi connectivity index (χ0) is 15.7. The van der Waals surface area contributed by atoms with Crippen molar-refractivity contribution < 1.29 is 13.6 Å². The van der Waals surface area contributed by atoms with Crippen molar-refractivity contribution in [3.8, 4) is 0 Å². The molecule has 0 spiro atoms. The Labute approximate surface area is 132 Å². The van der Waals surface area contributed by atoms with E-state index < -0.39 is 0 Å². The molecule has 1 saturated heterocycles. The van der Waals surface area contributed by atoms with Crippen LogP contribution in [-0.2, 0) is 11.3 Å². The molecule has 0 radical (unpaired) electrons. The van der Waals surface area contributed by atoms with E-state index in [4.69, 9.17) is 0 Å². The Kier molecular flexibility index (Phi) is 4.16. The van der Waals surface area contributed by atoms with Crippen LogP contribution in [0.3, 0.4) is 0 Å². The van der Waals surface area contributed by atoms with E-state index in [2.05, 4.69) is 0 Å². The Morgan fingerprint density at radius 3 is 2.50 bits per heavy atom. The van der Waals surface area contributed by atoms with Crippen molar-refractivity contribution in [2.24, 2.45) is 0 Å². The molecule has 0 N–H and O–H groups in total. The molecule has 0 aromatic heterocycles. The number of hydrogen-bond acceptors (Lipinski definition) is 2. The lowest BCUT2D eigenvalue weighted by atomic mass is 10.1. The van der Waals surface area contributed by atoms with Crippen LogP contribution in [-0.4, -0.2) is 16.1 Å². The van der Waals surface area contributed by atoms with Crippen LogP contribution in [0.2, 0.25) is 0 Å². The summed E-state index contributed by atoms with van der Waals surface area (Å²) in [6.07, 6.45) is 0. The molecule has 1 amide bonds. The maximum atomic E-state index is 13.5. The first-order valence-corrected chi connectivity index (χ1v) is 7.95. The molecule has 114 valence electrons. The molecule has 0 aliphatic carbocycles. The first-order chi connectivity index (χ1) is 10.5. The summed E-state index contributed by atoms with van der Waals surface area (Å²) in [5.74, 6) is -0.601. The van der Waals surface area contributed by atoms with Gasteiger partial charge < -0.3 is 4.90 Å². The van der Waals surface area contributed by atoms with Gasteiger partial charge in [0.1, 0.15) is 17.0 Å². The third-order valence-electron chi connectivity index (χ3n) is 3.65. The molecular weight excluding hydrogens is 304 g/mol. The summed E-state index contributed by atoms with van der Waals surface area (Å²) >= 11 is 1.50. The molecule has 2 atom stereocenters. The lowest BCUT2D eigenvalue weighted by Gasteiger charge is -2.24. The lowest BCUT2D eigenvalue weighted by molar-refractivity contribution is -0.130. The molecule has 0 unspecified atom stereocenters. The molecule has 1 heterocycles. The van der Waals surface area contributed by atoms with Gasteiger partial charge in [-0.2, -0.15) is 0 Å². The van der Waals surface area contributed by atoms with E-state index >= 15 is 0 Å². The molecule has 1 fully saturated rings. The monoisotopic (exact) mass is 319 g/mol. The Bertz CT molecular complexity index is 689. The van der Waals surface area contributed by atoms with Crippen LogP contribution in [0.15, 0.2) is 48.5 Å². The molecule has 0 bridgehead atoms. The molecule has 2 aromatic carbocycles. The van der Waals surface area contributed by atoms with Gasteiger partial charge in [0.25, 0.3) is 0 Å². The van der Waals surface area contributed by atoms with E-state index in [1.165, 1.54) is 36.0 Å². The summed E-state index contributed by atoms with van der Waals surface area (Å²) in [4.78, 5) is 14.1. The summed E-state index contributed by atoms with van der Waals surface area (Å²) in [5, 5.41) is -0.392. The number of rotatable bonds is 3. The maximum Gasteiger partial charge on any atom is 0.236 e. The normalized spacial score (nSPS) is 21.4. The van der Waals surface area contributed by atoms with Crippen molar-refractivity contribution >= 4 is 17.7 Å².